The quantitative estimate of drug-likeness (QED) is 0.790. The Hall–Kier alpha value is -1.03. The maximum absolute atomic E-state index is 11.5. The van der Waals surface area contributed by atoms with Crippen LogP contribution in [-0.2, 0) is 0 Å². The number of rotatable bonds is 4. The van der Waals surface area contributed by atoms with Crippen molar-refractivity contribution >= 4 is 27.8 Å². The summed E-state index contributed by atoms with van der Waals surface area (Å²) in [6.07, 6.45) is 4.93. The van der Waals surface area contributed by atoms with E-state index >= 15 is 0 Å². The fourth-order valence-electron chi connectivity index (χ4n) is 2.02. The van der Waals surface area contributed by atoms with E-state index in [1.807, 2.05) is 0 Å². The first-order chi connectivity index (χ1) is 7.66. The van der Waals surface area contributed by atoms with E-state index in [-0.39, 0.29) is 5.78 Å². The molecule has 1 heterocycles. The molecular weight excluding hydrogens is 220 g/mol. The molecule has 0 aromatic carbocycles. The Kier molecular flexibility index (Phi) is 2.21. The van der Waals surface area contributed by atoms with Crippen LogP contribution in [0.4, 0.5) is 10.7 Å². The van der Waals surface area contributed by atoms with Crippen LogP contribution in [0.3, 0.4) is 0 Å². The zero-order valence-electron chi connectivity index (χ0n) is 9.38. The van der Waals surface area contributed by atoms with E-state index in [4.69, 9.17) is 5.73 Å². The number of nitrogens with one attached hydrogen (secondary N) is 1. The molecular formula is C12H16N2OS. The van der Waals surface area contributed by atoms with Gasteiger partial charge in [0.05, 0.1) is 15.6 Å². The van der Waals surface area contributed by atoms with Crippen molar-refractivity contribution in [1.82, 2.24) is 0 Å². The Bertz CT molecular complexity index is 444. The van der Waals surface area contributed by atoms with Gasteiger partial charge < -0.3 is 11.1 Å². The predicted molar refractivity (Wildman–Crippen MR) is 67.4 cm³/mol. The summed E-state index contributed by atoms with van der Waals surface area (Å²) in [6.45, 7) is 1.60. The maximum atomic E-state index is 11.5. The van der Waals surface area contributed by atoms with E-state index < -0.39 is 0 Å². The van der Waals surface area contributed by atoms with Crippen LogP contribution in [0.2, 0.25) is 0 Å². The number of hydrogen-bond donors (Lipinski definition) is 2. The third-order valence-corrected chi connectivity index (χ3v) is 4.45. The van der Waals surface area contributed by atoms with Crippen LogP contribution < -0.4 is 11.1 Å². The summed E-state index contributed by atoms with van der Waals surface area (Å²) >= 11 is 1.55. The molecule has 3 N–H and O–H groups in total. The van der Waals surface area contributed by atoms with Gasteiger partial charge in [0.1, 0.15) is 0 Å². The molecule has 0 unspecified atom stereocenters. The lowest BCUT2D eigenvalue weighted by atomic mass is 10.1. The van der Waals surface area contributed by atoms with Crippen molar-refractivity contribution in [3.63, 3.8) is 0 Å². The van der Waals surface area contributed by atoms with Crippen molar-refractivity contribution in [3.8, 4) is 0 Å². The summed E-state index contributed by atoms with van der Waals surface area (Å²) in [4.78, 5) is 12.2. The highest BCUT2D eigenvalue weighted by atomic mass is 32.1. The van der Waals surface area contributed by atoms with Crippen LogP contribution in [0.25, 0.3) is 0 Å². The molecule has 2 saturated carbocycles. The Balaban J connectivity index is 1.99. The third kappa shape index (κ3) is 1.71. The standard InChI is InChI=1S/C12H16N2OS/c1-6(15)11-10(13)9(7-2-3-7)12(16-11)14-8-4-5-8/h7-8,14H,2-5,13H2,1H3. The number of Topliss-reactive ketones (excluding diaryl/α,β-unsaturated/α-hetero) is 1. The molecule has 2 fully saturated rings. The van der Waals surface area contributed by atoms with Gasteiger partial charge in [-0.2, -0.15) is 0 Å². The second-order valence-electron chi connectivity index (χ2n) is 4.84. The molecule has 0 atom stereocenters. The van der Waals surface area contributed by atoms with Crippen LogP contribution >= 0.6 is 11.3 Å². The first kappa shape index (κ1) is 10.1. The molecule has 4 heteroatoms. The normalized spacial score (nSPS) is 19.8. The second kappa shape index (κ2) is 3.48. The number of nitrogen functional groups attached to an aromatic ring is 1. The van der Waals surface area contributed by atoms with E-state index in [0.717, 1.165) is 15.6 Å². The van der Waals surface area contributed by atoms with E-state index in [0.29, 0.717) is 12.0 Å². The maximum Gasteiger partial charge on any atom is 0.171 e. The van der Waals surface area contributed by atoms with Gasteiger partial charge in [-0.05, 0) is 31.6 Å². The van der Waals surface area contributed by atoms with Gasteiger partial charge in [-0.25, -0.2) is 0 Å². The molecule has 0 spiro atoms. The minimum Gasteiger partial charge on any atom is -0.397 e. The summed E-state index contributed by atoms with van der Waals surface area (Å²) < 4.78 is 0. The Labute approximate surface area is 99.0 Å². The third-order valence-electron chi connectivity index (χ3n) is 3.20. The van der Waals surface area contributed by atoms with Gasteiger partial charge in [-0.15, -0.1) is 11.3 Å². The van der Waals surface area contributed by atoms with Crippen LogP contribution in [0, 0.1) is 0 Å². The summed E-state index contributed by atoms with van der Waals surface area (Å²) in [6, 6.07) is 0.621. The molecule has 1 aromatic heterocycles. The Morgan fingerprint density at radius 2 is 2.06 bits per heavy atom. The Morgan fingerprint density at radius 1 is 1.38 bits per heavy atom. The SMILES string of the molecule is CC(=O)c1sc(NC2CC2)c(C2CC2)c1N. The van der Waals surface area contributed by atoms with Gasteiger partial charge in [0.2, 0.25) is 0 Å². The molecule has 3 nitrogen and oxygen atoms in total. The largest absolute Gasteiger partial charge is 0.397 e. The highest BCUT2D eigenvalue weighted by molar-refractivity contribution is 7.18. The summed E-state index contributed by atoms with van der Waals surface area (Å²) in [5.74, 6) is 0.693. The van der Waals surface area contributed by atoms with Crippen molar-refractivity contribution in [3.05, 3.63) is 10.4 Å². The molecule has 0 saturated heterocycles. The highest BCUT2D eigenvalue weighted by Gasteiger charge is 2.34. The molecule has 16 heavy (non-hydrogen) atoms. The minimum absolute atomic E-state index is 0.0910. The number of anilines is 2. The fourth-order valence-corrected chi connectivity index (χ4v) is 3.20. The monoisotopic (exact) mass is 236 g/mol. The topological polar surface area (TPSA) is 55.1 Å². The molecule has 0 radical (unpaired) electrons. The van der Waals surface area contributed by atoms with Gasteiger partial charge in [-0.1, -0.05) is 0 Å². The van der Waals surface area contributed by atoms with Gasteiger partial charge in [0, 0.05) is 18.5 Å². The number of hydrogen-bond acceptors (Lipinski definition) is 4. The van der Waals surface area contributed by atoms with Crippen LogP contribution in [0.5, 0.6) is 0 Å². The molecule has 0 aliphatic heterocycles. The molecule has 2 aliphatic carbocycles. The number of carbonyl (C=O) groups excluding carboxylic acids is 1. The van der Waals surface area contributed by atoms with Crippen molar-refractivity contribution in [2.45, 2.75) is 44.6 Å². The fraction of sp³-hybridized carbons (Fsp3) is 0.583. The smallest absolute Gasteiger partial charge is 0.171 e. The van der Waals surface area contributed by atoms with Crippen LogP contribution in [0.15, 0.2) is 0 Å². The predicted octanol–water partition coefficient (Wildman–Crippen LogP) is 2.98. The van der Waals surface area contributed by atoms with Gasteiger partial charge in [0.15, 0.2) is 5.78 Å². The molecule has 2 aliphatic rings. The van der Waals surface area contributed by atoms with E-state index in [1.54, 1.807) is 18.3 Å². The first-order valence-electron chi connectivity index (χ1n) is 5.86. The molecule has 3 rings (SSSR count). The highest BCUT2D eigenvalue weighted by Crippen LogP contribution is 2.51. The molecule has 1 aromatic rings. The van der Waals surface area contributed by atoms with E-state index in [9.17, 15) is 4.79 Å². The number of thiophene rings is 1. The zero-order chi connectivity index (χ0) is 11.3. The van der Waals surface area contributed by atoms with E-state index in [2.05, 4.69) is 5.32 Å². The summed E-state index contributed by atoms with van der Waals surface area (Å²) in [7, 11) is 0. The van der Waals surface area contributed by atoms with Crippen molar-refractivity contribution < 1.29 is 4.79 Å². The lowest BCUT2D eigenvalue weighted by Gasteiger charge is -2.05. The average Bonchev–Trinajstić information content (AvgIpc) is 3.08. The molecule has 0 amide bonds. The number of carbonyl (C=O) groups is 1. The van der Waals surface area contributed by atoms with Crippen LogP contribution in [-0.4, -0.2) is 11.8 Å². The summed E-state index contributed by atoms with van der Waals surface area (Å²) in [5, 5.41) is 4.67. The van der Waals surface area contributed by atoms with Crippen molar-refractivity contribution in [1.29, 1.82) is 0 Å². The lowest BCUT2D eigenvalue weighted by Crippen LogP contribution is -2.02. The van der Waals surface area contributed by atoms with Gasteiger partial charge in [-0.3, -0.25) is 4.79 Å². The second-order valence-corrected chi connectivity index (χ2v) is 5.86. The lowest BCUT2D eigenvalue weighted by molar-refractivity contribution is 0.102. The zero-order valence-corrected chi connectivity index (χ0v) is 10.2. The van der Waals surface area contributed by atoms with Crippen molar-refractivity contribution in [2.24, 2.45) is 0 Å². The van der Waals surface area contributed by atoms with Crippen molar-refractivity contribution in [2.75, 3.05) is 11.1 Å². The van der Waals surface area contributed by atoms with E-state index in [1.165, 1.54) is 31.2 Å². The van der Waals surface area contributed by atoms with Gasteiger partial charge >= 0.3 is 0 Å². The first-order valence-corrected chi connectivity index (χ1v) is 6.68. The summed E-state index contributed by atoms with van der Waals surface area (Å²) in [5.41, 5.74) is 8.05. The number of nitrogens with two attached hydrogens (primary N) is 1. The molecule has 86 valence electrons. The molecule has 0 bridgehead atoms. The minimum atomic E-state index is 0.0910. The number of ketones is 1. The Morgan fingerprint density at radius 3 is 2.56 bits per heavy atom. The van der Waals surface area contributed by atoms with Gasteiger partial charge in [0.25, 0.3) is 0 Å². The van der Waals surface area contributed by atoms with Crippen LogP contribution in [0.1, 0.15) is 53.8 Å². The average molecular weight is 236 g/mol.